The SMILES string of the molecule is CC(=C/I)/C=C/CO. The molecule has 0 saturated carbocycles. The number of allylic oxidation sites excluding steroid dienone is 2. The number of hydrogen-bond donors (Lipinski definition) is 1. The van der Waals surface area contributed by atoms with E-state index < -0.39 is 0 Å². The van der Waals surface area contributed by atoms with Gasteiger partial charge in [0.2, 0.25) is 0 Å². The Labute approximate surface area is 63.2 Å². The third-order valence-electron chi connectivity index (χ3n) is 0.658. The van der Waals surface area contributed by atoms with Gasteiger partial charge in [0.15, 0.2) is 0 Å². The maximum atomic E-state index is 8.29. The van der Waals surface area contributed by atoms with Gasteiger partial charge >= 0.3 is 0 Å². The summed E-state index contributed by atoms with van der Waals surface area (Å²) < 4.78 is 1.96. The topological polar surface area (TPSA) is 20.2 Å². The molecule has 1 N–H and O–H groups in total. The molecule has 0 aromatic heterocycles. The van der Waals surface area contributed by atoms with E-state index in [0.29, 0.717) is 0 Å². The zero-order chi connectivity index (χ0) is 6.41. The molecular weight excluding hydrogens is 215 g/mol. The van der Waals surface area contributed by atoms with E-state index in [-0.39, 0.29) is 6.61 Å². The second-order valence-electron chi connectivity index (χ2n) is 1.44. The third-order valence-corrected chi connectivity index (χ3v) is 1.64. The van der Waals surface area contributed by atoms with E-state index >= 15 is 0 Å². The van der Waals surface area contributed by atoms with Gasteiger partial charge in [-0.3, -0.25) is 0 Å². The highest BCUT2D eigenvalue weighted by molar-refractivity contribution is 14.1. The monoisotopic (exact) mass is 224 g/mol. The van der Waals surface area contributed by atoms with E-state index in [1.807, 2.05) is 17.1 Å². The summed E-state index contributed by atoms with van der Waals surface area (Å²) >= 11 is 2.16. The van der Waals surface area contributed by atoms with Gasteiger partial charge in [0.25, 0.3) is 0 Å². The molecule has 8 heavy (non-hydrogen) atoms. The number of halogens is 1. The van der Waals surface area contributed by atoms with Gasteiger partial charge < -0.3 is 5.11 Å². The van der Waals surface area contributed by atoms with Gasteiger partial charge in [-0.2, -0.15) is 0 Å². The number of aliphatic hydroxyl groups is 1. The van der Waals surface area contributed by atoms with E-state index in [1.165, 1.54) is 5.57 Å². The Kier molecular flexibility index (Phi) is 5.42. The summed E-state index contributed by atoms with van der Waals surface area (Å²) in [7, 11) is 0. The smallest absolute Gasteiger partial charge is 0.0615 e. The van der Waals surface area contributed by atoms with Crippen molar-refractivity contribution in [1.82, 2.24) is 0 Å². The van der Waals surface area contributed by atoms with Gasteiger partial charge in [0.1, 0.15) is 0 Å². The van der Waals surface area contributed by atoms with Crippen LogP contribution in [0.1, 0.15) is 6.92 Å². The van der Waals surface area contributed by atoms with E-state index in [9.17, 15) is 0 Å². The van der Waals surface area contributed by atoms with Crippen LogP contribution in [0.5, 0.6) is 0 Å². The molecule has 0 unspecified atom stereocenters. The molecule has 0 aromatic rings. The first kappa shape index (κ1) is 8.17. The van der Waals surface area contributed by atoms with Crippen molar-refractivity contribution in [2.45, 2.75) is 6.92 Å². The first-order valence-corrected chi connectivity index (χ1v) is 3.60. The van der Waals surface area contributed by atoms with Crippen LogP contribution in [0.3, 0.4) is 0 Å². The average Bonchev–Trinajstić information content (AvgIpc) is 1.83. The molecule has 0 aromatic carbocycles. The van der Waals surface area contributed by atoms with Crippen LogP contribution in [-0.4, -0.2) is 11.7 Å². The van der Waals surface area contributed by atoms with Crippen molar-refractivity contribution in [2.75, 3.05) is 6.61 Å². The Morgan fingerprint density at radius 3 is 2.75 bits per heavy atom. The zero-order valence-corrected chi connectivity index (χ0v) is 6.92. The average molecular weight is 224 g/mol. The highest BCUT2D eigenvalue weighted by Crippen LogP contribution is 1.97. The van der Waals surface area contributed by atoms with Crippen LogP contribution < -0.4 is 0 Å². The summed E-state index contributed by atoms with van der Waals surface area (Å²) in [4.78, 5) is 0. The van der Waals surface area contributed by atoms with Crippen molar-refractivity contribution in [3.63, 3.8) is 0 Å². The number of rotatable bonds is 2. The predicted octanol–water partition coefficient (Wildman–Crippen LogP) is 1.87. The van der Waals surface area contributed by atoms with Crippen molar-refractivity contribution < 1.29 is 5.11 Å². The largest absolute Gasteiger partial charge is 0.392 e. The van der Waals surface area contributed by atoms with E-state index in [2.05, 4.69) is 22.6 Å². The van der Waals surface area contributed by atoms with E-state index in [0.717, 1.165) is 0 Å². The Morgan fingerprint density at radius 1 is 1.75 bits per heavy atom. The van der Waals surface area contributed by atoms with Crippen LogP contribution >= 0.6 is 22.6 Å². The second kappa shape index (κ2) is 5.31. The summed E-state index contributed by atoms with van der Waals surface area (Å²) in [6.45, 7) is 2.11. The van der Waals surface area contributed by atoms with Crippen molar-refractivity contribution in [3.05, 3.63) is 21.8 Å². The minimum absolute atomic E-state index is 0.127. The summed E-state index contributed by atoms with van der Waals surface area (Å²) in [5, 5.41) is 8.29. The van der Waals surface area contributed by atoms with Crippen molar-refractivity contribution in [1.29, 1.82) is 0 Å². The summed E-state index contributed by atoms with van der Waals surface area (Å²) in [5.41, 5.74) is 1.17. The lowest BCUT2D eigenvalue weighted by atomic mass is 10.3. The van der Waals surface area contributed by atoms with Crippen molar-refractivity contribution in [3.8, 4) is 0 Å². The number of aliphatic hydroxyl groups excluding tert-OH is 1. The first-order valence-electron chi connectivity index (χ1n) is 2.35. The molecule has 0 bridgehead atoms. The van der Waals surface area contributed by atoms with E-state index in [1.54, 1.807) is 6.08 Å². The summed E-state index contributed by atoms with van der Waals surface area (Å²) in [6.07, 6.45) is 3.59. The fourth-order valence-electron chi connectivity index (χ4n) is 0.275. The molecule has 0 aliphatic rings. The van der Waals surface area contributed by atoms with Crippen LogP contribution in [0.2, 0.25) is 0 Å². The standard InChI is InChI=1S/C6H9IO/c1-6(5-7)3-2-4-8/h2-3,5,8H,4H2,1H3/b3-2+,6-5-. The Bertz CT molecular complexity index is 105. The third kappa shape index (κ3) is 4.33. The molecule has 0 aliphatic carbocycles. The minimum atomic E-state index is 0.127. The fourth-order valence-corrected chi connectivity index (χ4v) is 0.483. The summed E-state index contributed by atoms with van der Waals surface area (Å²) in [6, 6.07) is 0. The number of hydrogen-bond acceptors (Lipinski definition) is 1. The van der Waals surface area contributed by atoms with Gasteiger partial charge in [-0.15, -0.1) is 0 Å². The van der Waals surface area contributed by atoms with Gasteiger partial charge in [0, 0.05) is 0 Å². The molecule has 0 saturated heterocycles. The van der Waals surface area contributed by atoms with Crippen LogP contribution in [0, 0.1) is 0 Å². The molecule has 1 nitrogen and oxygen atoms in total. The van der Waals surface area contributed by atoms with Gasteiger partial charge in [-0.05, 0) is 16.6 Å². The van der Waals surface area contributed by atoms with Crippen molar-refractivity contribution in [2.24, 2.45) is 0 Å². The Balaban J connectivity index is 3.53. The zero-order valence-electron chi connectivity index (χ0n) is 4.76. The lowest BCUT2D eigenvalue weighted by Gasteiger charge is -1.82. The van der Waals surface area contributed by atoms with Crippen LogP contribution in [0.15, 0.2) is 21.8 Å². The molecule has 0 radical (unpaired) electrons. The molecule has 46 valence electrons. The maximum Gasteiger partial charge on any atom is 0.0615 e. The van der Waals surface area contributed by atoms with Crippen molar-refractivity contribution >= 4 is 22.6 Å². The maximum absolute atomic E-state index is 8.29. The normalized spacial score (nSPS) is 13.1. The van der Waals surface area contributed by atoms with Crippen LogP contribution in [-0.2, 0) is 0 Å². The quantitative estimate of drug-likeness (QED) is 0.560. The molecule has 0 heterocycles. The molecule has 0 fully saturated rings. The summed E-state index contributed by atoms with van der Waals surface area (Å²) in [5.74, 6) is 0. The van der Waals surface area contributed by atoms with Gasteiger partial charge in [-0.25, -0.2) is 0 Å². The Morgan fingerprint density at radius 2 is 2.38 bits per heavy atom. The minimum Gasteiger partial charge on any atom is -0.392 e. The Hall–Kier alpha value is 0.170. The molecule has 2 heteroatoms. The van der Waals surface area contributed by atoms with Gasteiger partial charge in [-0.1, -0.05) is 34.7 Å². The molecule has 0 spiro atoms. The predicted molar refractivity (Wildman–Crippen MR) is 44.0 cm³/mol. The highest BCUT2D eigenvalue weighted by Gasteiger charge is 1.73. The lowest BCUT2D eigenvalue weighted by molar-refractivity contribution is 0.342. The van der Waals surface area contributed by atoms with Crippen LogP contribution in [0.4, 0.5) is 0 Å². The molecule has 0 atom stereocenters. The molecular formula is C6H9IO. The molecule has 0 amide bonds. The second-order valence-corrected chi connectivity index (χ2v) is 2.06. The molecule has 0 rings (SSSR count). The van der Waals surface area contributed by atoms with Crippen LogP contribution in [0.25, 0.3) is 0 Å². The van der Waals surface area contributed by atoms with Gasteiger partial charge in [0.05, 0.1) is 6.61 Å². The lowest BCUT2D eigenvalue weighted by Crippen LogP contribution is -1.70. The molecule has 0 aliphatic heterocycles. The fraction of sp³-hybridized carbons (Fsp3) is 0.333. The highest BCUT2D eigenvalue weighted by atomic mass is 127. The van der Waals surface area contributed by atoms with E-state index in [4.69, 9.17) is 5.11 Å². The first-order chi connectivity index (χ1) is 3.81.